The fourth-order valence-corrected chi connectivity index (χ4v) is 3.86. The van der Waals surface area contributed by atoms with E-state index in [9.17, 15) is 17.6 Å². The summed E-state index contributed by atoms with van der Waals surface area (Å²) in [7, 11) is -0.592. The average Bonchev–Trinajstić information content (AvgIpc) is 2.75. The summed E-state index contributed by atoms with van der Waals surface area (Å²) in [5.41, 5.74) is 1.55. The Morgan fingerprint density at radius 2 is 1.57 bits per heavy atom. The van der Waals surface area contributed by atoms with E-state index in [-0.39, 0.29) is 16.5 Å². The zero-order valence-corrected chi connectivity index (χ0v) is 17.3. The van der Waals surface area contributed by atoms with Gasteiger partial charge >= 0.3 is 0 Å². The van der Waals surface area contributed by atoms with Gasteiger partial charge in [-0.05, 0) is 66.2 Å². The molecule has 0 unspecified atom stereocenters. The molecular weight excluding hydrogens is 407 g/mol. The van der Waals surface area contributed by atoms with Gasteiger partial charge in [0.15, 0.2) is 0 Å². The smallest absolute Gasteiger partial charge is 0.261 e. The van der Waals surface area contributed by atoms with Crippen molar-refractivity contribution in [2.24, 2.45) is 0 Å². The van der Waals surface area contributed by atoms with Crippen LogP contribution in [0.3, 0.4) is 0 Å². The third kappa shape index (κ3) is 5.15. The molecule has 6 nitrogen and oxygen atoms in total. The minimum Gasteiger partial charge on any atom is -0.497 e. The maximum absolute atomic E-state index is 13.0. The number of methoxy groups -OCH3 is 1. The second-order valence-electron chi connectivity index (χ2n) is 6.65. The number of hydrogen-bond donors (Lipinski definition) is 1. The lowest BCUT2D eigenvalue weighted by Gasteiger charge is -2.18. The summed E-state index contributed by atoms with van der Waals surface area (Å²) in [5.74, 6) is 0.0413. The fraction of sp³-hybridized carbons (Fsp3) is 0.136. The highest BCUT2D eigenvalue weighted by atomic mass is 32.2. The van der Waals surface area contributed by atoms with Gasteiger partial charge in [-0.25, -0.2) is 12.8 Å². The Labute approximate surface area is 175 Å². The SMILES string of the molecule is COc1ccc(CN(C)C(=O)c2ccc(S(=O)(=O)Nc3ccc(F)cc3)cc2)cc1. The van der Waals surface area contributed by atoms with Crippen molar-refractivity contribution in [2.45, 2.75) is 11.4 Å². The molecule has 0 heterocycles. The number of anilines is 1. The topological polar surface area (TPSA) is 75.7 Å². The number of nitrogens with zero attached hydrogens (tertiary/aromatic N) is 1. The zero-order valence-electron chi connectivity index (χ0n) is 16.5. The number of amides is 1. The number of halogens is 1. The number of carbonyl (C=O) groups is 1. The molecule has 0 aliphatic heterocycles. The molecule has 0 aliphatic carbocycles. The van der Waals surface area contributed by atoms with Gasteiger partial charge in [-0.15, -0.1) is 0 Å². The summed E-state index contributed by atoms with van der Waals surface area (Å²) >= 11 is 0. The van der Waals surface area contributed by atoms with Crippen LogP contribution in [-0.2, 0) is 16.6 Å². The third-order valence-corrected chi connectivity index (χ3v) is 5.83. The predicted molar refractivity (Wildman–Crippen MR) is 112 cm³/mol. The summed E-state index contributed by atoms with van der Waals surface area (Å²) < 4.78 is 45.4. The van der Waals surface area contributed by atoms with Crippen molar-refractivity contribution < 1.29 is 22.3 Å². The summed E-state index contributed by atoms with van der Waals surface area (Å²) in [5, 5.41) is 0. The van der Waals surface area contributed by atoms with E-state index in [1.807, 2.05) is 24.3 Å². The second-order valence-corrected chi connectivity index (χ2v) is 8.33. The Morgan fingerprint density at radius 1 is 0.967 bits per heavy atom. The van der Waals surface area contributed by atoms with Gasteiger partial charge in [-0.1, -0.05) is 12.1 Å². The van der Waals surface area contributed by atoms with Gasteiger partial charge < -0.3 is 9.64 Å². The first-order chi connectivity index (χ1) is 14.3. The molecule has 0 radical (unpaired) electrons. The fourth-order valence-electron chi connectivity index (χ4n) is 2.81. The Bertz CT molecular complexity index is 1110. The molecule has 3 aromatic rings. The molecular formula is C22H21FN2O4S. The highest BCUT2D eigenvalue weighted by Gasteiger charge is 2.17. The lowest BCUT2D eigenvalue weighted by molar-refractivity contribution is 0.0785. The van der Waals surface area contributed by atoms with Crippen molar-refractivity contribution in [2.75, 3.05) is 18.9 Å². The normalized spacial score (nSPS) is 11.0. The molecule has 156 valence electrons. The molecule has 3 rings (SSSR count). The number of hydrogen-bond acceptors (Lipinski definition) is 4. The molecule has 0 aliphatic rings. The molecule has 1 N–H and O–H groups in total. The summed E-state index contributed by atoms with van der Waals surface area (Å²) in [6.45, 7) is 0.398. The van der Waals surface area contributed by atoms with E-state index in [1.54, 1.807) is 19.1 Å². The van der Waals surface area contributed by atoms with Crippen molar-refractivity contribution in [3.8, 4) is 5.75 Å². The molecule has 30 heavy (non-hydrogen) atoms. The van der Waals surface area contributed by atoms with Crippen molar-refractivity contribution >= 4 is 21.6 Å². The minimum atomic E-state index is -3.85. The number of nitrogens with one attached hydrogen (secondary N) is 1. The van der Waals surface area contributed by atoms with Gasteiger partial charge in [0, 0.05) is 24.8 Å². The van der Waals surface area contributed by atoms with Gasteiger partial charge in [0.2, 0.25) is 0 Å². The monoisotopic (exact) mass is 428 g/mol. The van der Waals surface area contributed by atoms with Crippen LogP contribution >= 0.6 is 0 Å². The van der Waals surface area contributed by atoms with E-state index in [0.717, 1.165) is 23.4 Å². The van der Waals surface area contributed by atoms with Crippen LogP contribution in [0.5, 0.6) is 5.75 Å². The van der Waals surface area contributed by atoms with Crippen molar-refractivity contribution in [1.29, 1.82) is 0 Å². The first-order valence-corrected chi connectivity index (χ1v) is 10.5. The molecule has 0 saturated carbocycles. The number of carbonyl (C=O) groups excluding carboxylic acids is 1. The molecule has 3 aromatic carbocycles. The Hall–Kier alpha value is -3.39. The molecule has 0 spiro atoms. The second kappa shape index (κ2) is 8.96. The number of rotatable bonds is 7. The molecule has 0 aromatic heterocycles. The number of benzene rings is 3. The maximum Gasteiger partial charge on any atom is 0.261 e. The highest BCUT2D eigenvalue weighted by molar-refractivity contribution is 7.92. The first-order valence-electron chi connectivity index (χ1n) is 9.05. The average molecular weight is 428 g/mol. The van der Waals surface area contributed by atoms with Gasteiger partial charge in [-0.2, -0.15) is 0 Å². The van der Waals surface area contributed by atoms with Crippen LogP contribution in [0.1, 0.15) is 15.9 Å². The van der Waals surface area contributed by atoms with Gasteiger partial charge in [-0.3, -0.25) is 9.52 Å². The van der Waals surface area contributed by atoms with E-state index in [2.05, 4.69) is 4.72 Å². The van der Waals surface area contributed by atoms with Crippen molar-refractivity contribution in [3.63, 3.8) is 0 Å². The first kappa shape index (κ1) is 21.3. The summed E-state index contributed by atoms with van der Waals surface area (Å²) in [6, 6.07) is 18.0. The van der Waals surface area contributed by atoms with Gasteiger partial charge in [0.05, 0.1) is 12.0 Å². The van der Waals surface area contributed by atoms with E-state index in [0.29, 0.717) is 12.1 Å². The van der Waals surface area contributed by atoms with Crippen LogP contribution < -0.4 is 9.46 Å². The van der Waals surface area contributed by atoms with E-state index >= 15 is 0 Å². The van der Waals surface area contributed by atoms with Crippen LogP contribution in [0.25, 0.3) is 0 Å². The molecule has 0 bridgehead atoms. The maximum atomic E-state index is 13.0. The minimum absolute atomic E-state index is 0.00109. The van der Waals surface area contributed by atoms with Crippen LogP contribution in [0.4, 0.5) is 10.1 Å². The quantitative estimate of drug-likeness (QED) is 0.619. The van der Waals surface area contributed by atoms with Crippen LogP contribution in [0.15, 0.2) is 77.7 Å². The molecule has 0 fully saturated rings. The van der Waals surface area contributed by atoms with E-state index in [4.69, 9.17) is 4.74 Å². The lowest BCUT2D eigenvalue weighted by atomic mass is 10.1. The largest absolute Gasteiger partial charge is 0.497 e. The molecule has 8 heteroatoms. The number of ether oxygens (including phenoxy) is 1. The van der Waals surface area contributed by atoms with Crippen LogP contribution in [0, 0.1) is 5.82 Å². The summed E-state index contributed by atoms with van der Waals surface area (Å²) in [6.07, 6.45) is 0. The highest BCUT2D eigenvalue weighted by Crippen LogP contribution is 2.18. The molecule has 0 saturated heterocycles. The van der Waals surface area contributed by atoms with Gasteiger partial charge in [0.25, 0.3) is 15.9 Å². The zero-order chi connectivity index (χ0) is 21.7. The standard InChI is InChI=1S/C22H21FN2O4S/c1-25(15-16-3-11-20(29-2)12-4-16)22(26)17-5-13-21(14-6-17)30(27,28)24-19-9-7-18(23)8-10-19/h3-14,24H,15H2,1-2H3. The van der Waals surface area contributed by atoms with E-state index < -0.39 is 15.8 Å². The Kier molecular flexibility index (Phi) is 6.37. The van der Waals surface area contributed by atoms with Crippen LogP contribution in [-0.4, -0.2) is 33.4 Å². The van der Waals surface area contributed by atoms with Crippen molar-refractivity contribution in [1.82, 2.24) is 4.90 Å². The third-order valence-electron chi connectivity index (χ3n) is 4.43. The van der Waals surface area contributed by atoms with Gasteiger partial charge in [0.1, 0.15) is 11.6 Å². The number of sulfonamides is 1. The van der Waals surface area contributed by atoms with E-state index in [1.165, 1.54) is 36.4 Å². The molecule has 1 amide bonds. The predicted octanol–water partition coefficient (Wildman–Crippen LogP) is 3.91. The van der Waals surface area contributed by atoms with Crippen LogP contribution in [0.2, 0.25) is 0 Å². The molecule has 0 atom stereocenters. The Morgan fingerprint density at radius 3 is 2.13 bits per heavy atom. The summed E-state index contributed by atoms with van der Waals surface area (Å²) in [4.78, 5) is 14.2. The lowest BCUT2D eigenvalue weighted by Crippen LogP contribution is -2.26. The Balaban J connectivity index is 1.68. The van der Waals surface area contributed by atoms with Crippen molar-refractivity contribution in [3.05, 3.63) is 89.7 Å².